The van der Waals surface area contributed by atoms with Crippen molar-refractivity contribution < 1.29 is 9.84 Å². The van der Waals surface area contributed by atoms with Crippen LogP contribution in [-0.4, -0.2) is 34.1 Å². The summed E-state index contributed by atoms with van der Waals surface area (Å²) in [5.74, 6) is 0.167. The van der Waals surface area contributed by atoms with Crippen molar-refractivity contribution in [1.82, 2.24) is 9.97 Å². The fourth-order valence-electron chi connectivity index (χ4n) is 0.680. The van der Waals surface area contributed by atoms with Crippen LogP contribution in [0.25, 0.3) is 0 Å². The van der Waals surface area contributed by atoms with E-state index in [1.807, 2.05) is 0 Å². The van der Waals surface area contributed by atoms with Crippen molar-refractivity contribution in [3.63, 3.8) is 0 Å². The normalized spacial score (nSPS) is 9.62. The van der Waals surface area contributed by atoms with Crippen LogP contribution in [0.15, 0.2) is 12.4 Å². The quantitative estimate of drug-likeness (QED) is 0.414. The van der Waals surface area contributed by atoms with E-state index in [1.54, 1.807) is 0 Å². The second-order valence-corrected chi connectivity index (χ2v) is 2.23. The van der Waals surface area contributed by atoms with Crippen molar-refractivity contribution >= 4 is 5.84 Å². The summed E-state index contributed by atoms with van der Waals surface area (Å²) in [5, 5.41) is 15.5. The molecule has 0 saturated carbocycles. The summed E-state index contributed by atoms with van der Waals surface area (Å²) >= 11 is 0. The molecule has 0 amide bonds. The van der Waals surface area contributed by atoms with Crippen LogP contribution in [0.4, 0.5) is 0 Å². The minimum atomic E-state index is -0.138. The van der Waals surface area contributed by atoms with Gasteiger partial charge < -0.3 is 15.6 Å². The van der Waals surface area contributed by atoms with Gasteiger partial charge in [0.05, 0.1) is 19.0 Å². The maximum atomic E-state index is 8.44. The van der Waals surface area contributed by atoms with Gasteiger partial charge in [-0.15, -0.1) is 0 Å². The summed E-state index contributed by atoms with van der Waals surface area (Å²) in [4.78, 5) is 7.63. The van der Waals surface area contributed by atoms with Gasteiger partial charge in [0.25, 0.3) is 0 Å². The molecule has 0 aliphatic rings. The highest BCUT2D eigenvalue weighted by Gasteiger charge is 1.99. The van der Waals surface area contributed by atoms with Crippen molar-refractivity contribution in [2.45, 2.75) is 0 Å². The van der Waals surface area contributed by atoms with Gasteiger partial charge in [0.15, 0.2) is 0 Å². The molecule has 0 saturated heterocycles. The molecule has 13 heavy (non-hydrogen) atoms. The minimum absolute atomic E-state index is 0.0733. The first kappa shape index (κ1) is 9.40. The van der Waals surface area contributed by atoms with E-state index in [-0.39, 0.29) is 19.0 Å². The van der Waals surface area contributed by atoms with Crippen LogP contribution >= 0.6 is 0 Å². The summed E-state index contributed by atoms with van der Waals surface area (Å²) in [6.45, 7) is 0.101. The van der Waals surface area contributed by atoms with Crippen LogP contribution in [0, 0.1) is 5.41 Å². The molecule has 0 bridgehead atoms. The number of nitrogens with two attached hydrogens (primary N) is 1. The summed E-state index contributed by atoms with van der Waals surface area (Å²) < 4.78 is 4.95. The number of aliphatic hydroxyl groups is 1. The molecule has 1 rings (SSSR count). The molecule has 6 nitrogen and oxygen atoms in total. The number of ether oxygens (including phenoxy) is 1. The predicted octanol–water partition coefficient (Wildman–Crippen LogP) is -0.868. The van der Waals surface area contributed by atoms with E-state index >= 15 is 0 Å². The number of amidine groups is 1. The van der Waals surface area contributed by atoms with Gasteiger partial charge in [-0.3, -0.25) is 5.41 Å². The Morgan fingerprint density at radius 3 is 2.77 bits per heavy atom. The third-order valence-corrected chi connectivity index (χ3v) is 1.25. The molecule has 0 aliphatic heterocycles. The monoisotopic (exact) mass is 182 g/mol. The molecule has 70 valence electrons. The molecule has 0 atom stereocenters. The van der Waals surface area contributed by atoms with E-state index in [2.05, 4.69) is 9.97 Å². The Hall–Kier alpha value is -1.69. The van der Waals surface area contributed by atoms with Crippen molar-refractivity contribution in [1.29, 1.82) is 5.41 Å². The van der Waals surface area contributed by atoms with Gasteiger partial charge in [-0.2, -0.15) is 0 Å². The Morgan fingerprint density at radius 1 is 1.54 bits per heavy atom. The van der Waals surface area contributed by atoms with Gasteiger partial charge in [-0.25, -0.2) is 9.97 Å². The van der Waals surface area contributed by atoms with Crippen molar-refractivity contribution in [3.8, 4) is 5.88 Å². The van der Waals surface area contributed by atoms with E-state index in [0.29, 0.717) is 11.6 Å². The fourth-order valence-corrected chi connectivity index (χ4v) is 0.680. The van der Waals surface area contributed by atoms with E-state index in [9.17, 15) is 0 Å². The number of hydrogen-bond donors (Lipinski definition) is 3. The standard InChI is InChI=1S/C7H10N4O2/c8-7(9)5-3-11-6(4-10-5)13-2-1-12/h3-4,12H,1-2H2,(H3,8,9). The van der Waals surface area contributed by atoms with Gasteiger partial charge in [-0.05, 0) is 0 Å². The second-order valence-electron chi connectivity index (χ2n) is 2.23. The molecule has 0 radical (unpaired) electrons. The van der Waals surface area contributed by atoms with Gasteiger partial charge >= 0.3 is 0 Å². The van der Waals surface area contributed by atoms with Crippen molar-refractivity contribution in [2.24, 2.45) is 5.73 Å². The predicted molar refractivity (Wildman–Crippen MR) is 45.6 cm³/mol. The molecule has 0 fully saturated rings. The van der Waals surface area contributed by atoms with Crippen molar-refractivity contribution in [3.05, 3.63) is 18.1 Å². The zero-order valence-electron chi connectivity index (χ0n) is 6.90. The SMILES string of the molecule is N=C(N)c1cnc(OCCO)cn1. The highest BCUT2D eigenvalue weighted by Crippen LogP contribution is 2.02. The van der Waals surface area contributed by atoms with Gasteiger partial charge in [0.2, 0.25) is 5.88 Å². The van der Waals surface area contributed by atoms with Crippen LogP contribution in [-0.2, 0) is 0 Å². The first-order valence-corrected chi connectivity index (χ1v) is 3.64. The first-order valence-electron chi connectivity index (χ1n) is 3.64. The van der Waals surface area contributed by atoms with E-state index in [0.717, 1.165) is 0 Å². The maximum absolute atomic E-state index is 8.44. The number of nitrogens with one attached hydrogen (secondary N) is 1. The van der Waals surface area contributed by atoms with E-state index in [1.165, 1.54) is 12.4 Å². The Morgan fingerprint density at radius 2 is 2.31 bits per heavy atom. The lowest BCUT2D eigenvalue weighted by atomic mass is 10.4. The van der Waals surface area contributed by atoms with E-state index in [4.69, 9.17) is 21.0 Å². The molecule has 0 unspecified atom stereocenters. The van der Waals surface area contributed by atoms with Crippen LogP contribution in [0.5, 0.6) is 5.88 Å². The summed E-state index contributed by atoms with van der Waals surface area (Å²) in [7, 11) is 0. The molecule has 4 N–H and O–H groups in total. The second kappa shape index (κ2) is 4.36. The molecule has 1 heterocycles. The largest absolute Gasteiger partial charge is 0.474 e. The number of aromatic nitrogens is 2. The van der Waals surface area contributed by atoms with Crippen LogP contribution < -0.4 is 10.5 Å². The van der Waals surface area contributed by atoms with Crippen LogP contribution in [0.2, 0.25) is 0 Å². The van der Waals surface area contributed by atoms with Gasteiger partial charge in [0.1, 0.15) is 18.1 Å². The lowest BCUT2D eigenvalue weighted by molar-refractivity contribution is 0.196. The van der Waals surface area contributed by atoms with E-state index < -0.39 is 0 Å². The maximum Gasteiger partial charge on any atom is 0.232 e. The molecule has 1 aromatic rings. The summed E-state index contributed by atoms with van der Waals surface area (Å²) in [5.41, 5.74) is 5.47. The van der Waals surface area contributed by atoms with Crippen LogP contribution in [0.3, 0.4) is 0 Å². The highest BCUT2D eigenvalue weighted by molar-refractivity contribution is 5.92. The highest BCUT2D eigenvalue weighted by atomic mass is 16.5. The third-order valence-electron chi connectivity index (χ3n) is 1.25. The lowest BCUT2D eigenvalue weighted by Crippen LogP contribution is -2.13. The van der Waals surface area contributed by atoms with Gasteiger partial charge in [-0.1, -0.05) is 0 Å². The Kier molecular flexibility index (Phi) is 3.15. The smallest absolute Gasteiger partial charge is 0.232 e. The topological polar surface area (TPSA) is 105 Å². The summed E-state index contributed by atoms with van der Waals surface area (Å²) in [6.07, 6.45) is 2.70. The Labute approximate surface area is 74.9 Å². The zero-order chi connectivity index (χ0) is 9.68. The number of aliphatic hydroxyl groups excluding tert-OH is 1. The summed E-state index contributed by atoms with van der Waals surface area (Å²) in [6, 6.07) is 0. The molecular weight excluding hydrogens is 172 g/mol. The number of rotatable bonds is 4. The average molecular weight is 182 g/mol. The minimum Gasteiger partial charge on any atom is -0.474 e. The fraction of sp³-hybridized carbons (Fsp3) is 0.286. The zero-order valence-corrected chi connectivity index (χ0v) is 6.90. The number of nitrogen functional groups attached to an aromatic ring is 1. The number of hydrogen-bond acceptors (Lipinski definition) is 5. The Bertz CT molecular complexity index is 285. The van der Waals surface area contributed by atoms with Gasteiger partial charge in [0, 0.05) is 0 Å². The Balaban J connectivity index is 2.64. The first-order chi connectivity index (χ1) is 6.24. The lowest BCUT2D eigenvalue weighted by Gasteiger charge is -2.02. The van der Waals surface area contributed by atoms with Crippen molar-refractivity contribution in [2.75, 3.05) is 13.2 Å². The molecule has 1 aromatic heterocycles. The molecular formula is C7H10N4O2. The van der Waals surface area contributed by atoms with Crippen LogP contribution in [0.1, 0.15) is 5.69 Å². The molecule has 0 spiro atoms. The molecule has 0 aliphatic carbocycles. The average Bonchev–Trinajstić information content (AvgIpc) is 2.15. The molecule has 6 heteroatoms. The third kappa shape index (κ3) is 2.68. The number of nitrogens with zero attached hydrogens (tertiary/aromatic N) is 2. The molecule has 0 aromatic carbocycles.